The highest BCUT2D eigenvalue weighted by atomic mass is 16.5. The highest BCUT2D eigenvalue weighted by Gasteiger charge is 2.30. The molecule has 1 N–H and O–H groups in total. The summed E-state index contributed by atoms with van der Waals surface area (Å²) in [5.74, 6) is -0.0765. The molecular weight excluding hydrogens is 320 g/mol. The molecule has 0 unspecified atom stereocenters. The van der Waals surface area contributed by atoms with Crippen molar-refractivity contribution in [2.75, 3.05) is 33.3 Å². The zero-order chi connectivity index (χ0) is 17.6. The highest BCUT2D eigenvalue weighted by molar-refractivity contribution is 5.92. The lowest BCUT2D eigenvalue weighted by Crippen LogP contribution is -2.56. The van der Waals surface area contributed by atoms with Crippen LogP contribution in [0, 0.1) is 0 Å². The van der Waals surface area contributed by atoms with Gasteiger partial charge in [-0.25, -0.2) is 4.79 Å². The molecule has 0 radical (unpaired) electrons. The Morgan fingerprint density at radius 1 is 1.12 bits per heavy atom. The first-order valence-corrected chi connectivity index (χ1v) is 8.97. The molecule has 1 aliphatic heterocycles. The molecule has 3 amide bonds. The number of methoxy groups -OCH3 is 1. The number of hydrogen-bond acceptors (Lipinski definition) is 4. The van der Waals surface area contributed by atoms with E-state index in [9.17, 15) is 9.59 Å². The van der Waals surface area contributed by atoms with E-state index in [4.69, 9.17) is 4.74 Å². The molecule has 1 aromatic rings. The van der Waals surface area contributed by atoms with Crippen LogP contribution in [0.4, 0.5) is 4.79 Å². The van der Waals surface area contributed by atoms with Crippen molar-refractivity contribution in [2.24, 2.45) is 0 Å². The van der Waals surface area contributed by atoms with E-state index in [1.54, 1.807) is 41.3 Å². The van der Waals surface area contributed by atoms with Gasteiger partial charge in [0.2, 0.25) is 0 Å². The lowest BCUT2D eigenvalue weighted by molar-refractivity contribution is 0.0412. The zero-order valence-electron chi connectivity index (χ0n) is 14.7. The van der Waals surface area contributed by atoms with Gasteiger partial charge in [-0.1, -0.05) is 18.9 Å². The Labute approximate surface area is 148 Å². The van der Waals surface area contributed by atoms with E-state index >= 15 is 0 Å². The van der Waals surface area contributed by atoms with Crippen molar-refractivity contribution in [3.05, 3.63) is 30.1 Å². The monoisotopic (exact) mass is 346 g/mol. The van der Waals surface area contributed by atoms with Crippen molar-refractivity contribution >= 4 is 11.9 Å². The molecule has 1 aliphatic carbocycles. The van der Waals surface area contributed by atoms with Crippen LogP contribution in [0.2, 0.25) is 0 Å². The van der Waals surface area contributed by atoms with Crippen molar-refractivity contribution in [2.45, 2.75) is 37.8 Å². The smallest absolute Gasteiger partial charge is 0.317 e. The number of aromatic nitrogens is 1. The van der Waals surface area contributed by atoms with E-state index < -0.39 is 0 Å². The fourth-order valence-electron chi connectivity index (χ4n) is 3.56. The molecule has 1 saturated carbocycles. The third-order valence-electron chi connectivity index (χ3n) is 5.05. The van der Waals surface area contributed by atoms with Crippen LogP contribution < -0.4 is 5.32 Å². The highest BCUT2D eigenvalue weighted by Crippen LogP contribution is 2.21. The van der Waals surface area contributed by atoms with E-state index in [0.29, 0.717) is 31.9 Å². The normalized spacial score (nSPS) is 24.0. The van der Waals surface area contributed by atoms with Crippen LogP contribution in [0.25, 0.3) is 0 Å². The minimum atomic E-state index is -0.0765. The number of nitrogens with zero attached hydrogens (tertiary/aromatic N) is 3. The van der Waals surface area contributed by atoms with Crippen LogP contribution in [0.5, 0.6) is 0 Å². The van der Waals surface area contributed by atoms with Crippen molar-refractivity contribution in [1.29, 1.82) is 0 Å². The van der Waals surface area contributed by atoms with Gasteiger partial charge in [-0.3, -0.25) is 9.78 Å². The molecule has 0 bridgehead atoms. The van der Waals surface area contributed by atoms with E-state index in [1.807, 2.05) is 0 Å². The van der Waals surface area contributed by atoms with Crippen LogP contribution >= 0.6 is 0 Å². The molecule has 1 aromatic heterocycles. The van der Waals surface area contributed by atoms with Gasteiger partial charge >= 0.3 is 6.03 Å². The van der Waals surface area contributed by atoms with Crippen molar-refractivity contribution in [1.82, 2.24) is 20.1 Å². The SMILES string of the molecule is CO[C@H]1CCCC[C@@H]1NC(=O)N1CCN(C(=O)c2ccccn2)CC1. The number of piperazine rings is 1. The Morgan fingerprint density at radius 2 is 1.84 bits per heavy atom. The standard InChI is InChI=1S/C18H26N4O3/c1-25-16-8-3-2-6-14(16)20-18(24)22-12-10-21(11-13-22)17(23)15-7-4-5-9-19-15/h4-5,7,9,14,16H,2-3,6,8,10-13H2,1H3,(H,20,24)/t14-,16-/m0/s1. The number of rotatable bonds is 3. The Balaban J connectivity index is 1.50. The molecule has 2 aliphatic rings. The summed E-state index contributed by atoms with van der Waals surface area (Å²) in [5, 5.41) is 3.11. The Bertz CT molecular complexity index is 587. The van der Waals surface area contributed by atoms with Crippen molar-refractivity contribution < 1.29 is 14.3 Å². The first-order valence-electron chi connectivity index (χ1n) is 8.97. The second-order valence-corrected chi connectivity index (χ2v) is 6.61. The average Bonchev–Trinajstić information content (AvgIpc) is 2.68. The summed E-state index contributed by atoms with van der Waals surface area (Å²) in [6.45, 7) is 2.13. The van der Waals surface area contributed by atoms with Crippen LogP contribution in [0.1, 0.15) is 36.2 Å². The number of carbonyl (C=O) groups excluding carboxylic acids is 2. The molecule has 2 fully saturated rings. The van der Waals surface area contributed by atoms with E-state index in [2.05, 4.69) is 10.3 Å². The van der Waals surface area contributed by atoms with Crippen LogP contribution in [-0.4, -0.2) is 72.2 Å². The van der Waals surface area contributed by atoms with E-state index in [-0.39, 0.29) is 24.1 Å². The first-order chi connectivity index (χ1) is 12.2. The average molecular weight is 346 g/mol. The maximum Gasteiger partial charge on any atom is 0.317 e. The number of ether oxygens (including phenoxy) is 1. The molecule has 2 atom stereocenters. The van der Waals surface area contributed by atoms with Gasteiger partial charge in [0, 0.05) is 39.5 Å². The Kier molecular flexibility index (Phi) is 5.86. The summed E-state index contributed by atoms with van der Waals surface area (Å²) in [4.78, 5) is 32.6. The second-order valence-electron chi connectivity index (χ2n) is 6.61. The molecular formula is C18H26N4O3. The molecule has 7 heteroatoms. The van der Waals surface area contributed by atoms with E-state index in [1.165, 1.54) is 0 Å². The third-order valence-corrected chi connectivity index (χ3v) is 5.05. The maximum atomic E-state index is 12.5. The summed E-state index contributed by atoms with van der Waals surface area (Å²) < 4.78 is 5.50. The van der Waals surface area contributed by atoms with E-state index in [0.717, 1.165) is 25.7 Å². The third kappa shape index (κ3) is 4.28. The lowest BCUT2D eigenvalue weighted by Gasteiger charge is -2.37. The first kappa shape index (κ1) is 17.7. The summed E-state index contributed by atoms with van der Waals surface area (Å²) >= 11 is 0. The molecule has 0 spiro atoms. The van der Waals surface area contributed by atoms with Crippen molar-refractivity contribution in [3.8, 4) is 0 Å². The number of urea groups is 1. The zero-order valence-corrected chi connectivity index (χ0v) is 14.7. The van der Waals surface area contributed by atoms with Gasteiger partial charge < -0.3 is 19.9 Å². The number of amides is 3. The molecule has 25 heavy (non-hydrogen) atoms. The van der Waals surface area contributed by atoms with Crippen molar-refractivity contribution in [3.63, 3.8) is 0 Å². The molecule has 136 valence electrons. The topological polar surface area (TPSA) is 74.8 Å². The number of nitrogens with one attached hydrogen (secondary N) is 1. The van der Waals surface area contributed by atoms with Gasteiger partial charge in [0.25, 0.3) is 5.91 Å². The van der Waals surface area contributed by atoms with Gasteiger partial charge in [-0.2, -0.15) is 0 Å². The summed E-state index contributed by atoms with van der Waals surface area (Å²) in [6, 6.07) is 5.34. The molecule has 1 saturated heterocycles. The molecule has 2 heterocycles. The summed E-state index contributed by atoms with van der Waals surface area (Å²) in [6.07, 6.45) is 5.95. The summed E-state index contributed by atoms with van der Waals surface area (Å²) in [5.41, 5.74) is 0.450. The van der Waals surface area contributed by atoms with Crippen LogP contribution in [0.3, 0.4) is 0 Å². The fraction of sp³-hybridized carbons (Fsp3) is 0.611. The van der Waals surface area contributed by atoms with Gasteiger partial charge in [-0.05, 0) is 25.0 Å². The second kappa shape index (κ2) is 8.29. The maximum absolute atomic E-state index is 12.5. The van der Waals surface area contributed by atoms with Crippen LogP contribution in [0.15, 0.2) is 24.4 Å². The predicted octanol–water partition coefficient (Wildman–Crippen LogP) is 1.51. The number of carbonyl (C=O) groups is 2. The van der Waals surface area contributed by atoms with Gasteiger partial charge in [-0.15, -0.1) is 0 Å². The van der Waals surface area contributed by atoms with Gasteiger partial charge in [0.1, 0.15) is 5.69 Å². The Hall–Kier alpha value is -2.15. The van der Waals surface area contributed by atoms with Crippen LogP contribution in [-0.2, 0) is 4.74 Å². The largest absolute Gasteiger partial charge is 0.379 e. The minimum Gasteiger partial charge on any atom is -0.379 e. The van der Waals surface area contributed by atoms with Gasteiger partial charge in [0.15, 0.2) is 0 Å². The number of pyridine rings is 1. The molecule has 3 rings (SSSR count). The fourth-order valence-corrected chi connectivity index (χ4v) is 3.56. The lowest BCUT2D eigenvalue weighted by atomic mass is 9.92. The molecule has 0 aromatic carbocycles. The molecule has 7 nitrogen and oxygen atoms in total. The summed E-state index contributed by atoms with van der Waals surface area (Å²) in [7, 11) is 1.71. The predicted molar refractivity (Wildman–Crippen MR) is 93.3 cm³/mol. The minimum absolute atomic E-state index is 0.0566. The Morgan fingerprint density at radius 3 is 2.52 bits per heavy atom. The van der Waals surface area contributed by atoms with Gasteiger partial charge in [0.05, 0.1) is 12.1 Å². The quantitative estimate of drug-likeness (QED) is 0.900. The number of hydrogen-bond donors (Lipinski definition) is 1.